The first-order chi connectivity index (χ1) is 16.9. The number of H-pyrrole nitrogens is 1. The van der Waals surface area contributed by atoms with E-state index in [4.69, 9.17) is 0 Å². The van der Waals surface area contributed by atoms with Crippen molar-refractivity contribution in [1.82, 2.24) is 20.6 Å². The third-order valence-electron chi connectivity index (χ3n) is 6.36. The van der Waals surface area contributed by atoms with Gasteiger partial charge in [0.15, 0.2) is 5.82 Å². The number of nitrogens with zero attached hydrogens (tertiary/aromatic N) is 3. The van der Waals surface area contributed by atoms with Crippen molar-refractivity contribution in [2.45, 2.75) is 32.6 Å². The van der Waals surface area contributed by atoms with E-state index in [0.717, 1.165) is 5.82 Å². The van der Waals surface area contributed by atoms with E-state index in [1.165, 1.54) is 5.01 Å². The van der Waals surface area contributed by atoms with Crippen LogP contribution in [0.2, 0.25) is 0 Å². The van der Waals surface area contributed by atoms with Crippen molar-refractivity contribution >= 4 is 29.1 Å². The molecule has 178 valence electrons. The molecule has 2 heterocycles. The lowest BCUT2D eigenvalue weighted by atomic mass is 9.80. The number of hydrogen-bond acceptors (Lipinski definition) is 5. The maximum absolute atomic E-state index is 13.2. The summed E-state index contributed by atoms with van der Waals surface area (Å²) < 4.78 is 0. The molecule has 1 fully saturated rings. The molecule has 2 aliphatic rings. The highest BCUT2D eigenvalue weighted by atomic mass is 16.2. The van der Waals surface area contributed by atoms with Crippen molar-refractivity contribution < 1.29 is 14.4 Å². The summed E-state index contributed by atoms with van der Waals surface area (Å²) in [5, 5.41) is 11.4. The van der Waals surface area contributed by atoms with Gasteiger partial charge in [-0.15, -0.1) is 0 Å². The number of amides is 3. The monoisotopic (exact) mass is 470 g/mol. The second kappa shape index (κ2) is 9.17. The molecule has 3 amide bonds. The Balaban J connectivity index is 1.38. The van der Waals surface area contributed by atoms with Gasteiger partial charge in [0.2, 0.25) is 11.8 Å². The summed E-state index contributed by atoms with van der Waals surface area (Å²) in [7, 11) is 0. The van der Waals surface area contributed by atoms with Crippen molar-refractivity contribution in [3.63, 3.8) is 0 Å². The number of nitrogens with one attached hydrogen (secondary N) is 3. The molecule has 0 bridgehead atoms. The average molecular weight is 471 g/mol. The van der Waals surface area contributed by atoms with Gasteiger partial charge in [0.05, 0.1) is 23.2 Å². The zero-order valence-electron chi connectivity index (χ0n) is 19.5. The third-order valence-corrected chi connectivity index (χ3v) is 6.36. The standard InChI is InChI=1S/C26H26N6O3/c1-15(2)22-28-23(30-29-22)20-12-5-6-13-21(20)27-24(33)16-8-7-9-17(14-16)32-26(35)19-11-4-3-10-18(19)25(34)31-32/h3-9,12-15,18-19H,10-11H2,1-2H3,(H,27,33)(H,31,34)(H,28,29,30). The molecule has 2 aromatic carbocycles. The number of anilines is 2. The molecular formula is C26H26N6O3. The molecule has 3 aromatic rings. The average Bonchev–Trinajstić information content (AvgIpc) is 3.37. The lowest BCUT2D eigenvalue weighted by Crippen LogP contribution is -2.59. The van der Waals surface area contributed by atoms with E-state index in [0.29, 0.717) is 41.2 Å². The van der Waals surface area contributed by atoms with Gasteiger partial charge in [0, 0.05) is 17.0 Å². The van der Waals surface area contributed by atoms with Gasteiger partial charge in [-0.3, -0.25) is 24.9 Å². The first kappa shape index (κ1) is 22.5. The third kappa shape index (κ3) is 4.32. The zero-order chi connectivity index (χ0) is 24.5. The van der Waals surface area contributed by atoms with E-state index >= 15 is 0 Å². The second-order valence-corrected chi connectivity index (χ2v) is 9.05. The Morgan fingerprint density at radius 3 is 2.60 bits per heavy atom. The summed E-state index contributed by atoms with van der Waals surface area (Å²) in [6.07, 6.45) is 4.97. The summed E-state index contributed by atoms with van der Waals surface area (Å²) in [5.41, 5.74) is 4.74. The lowest BCUT2D eigenvalue weighted by molar-refractivity contribution is -0.139. The fraction of sp³-hybridized carbons (Fsp3) is 0.269. The molecule has 2 atom stereocenters. The normalized spacial score (nSPS) is 19.5. The van der Waals surface area contributed by atoms with Crippen molar-refractivity contribution in [3.05, 3.63) is 72.1 Å². The molecule has 1 aliphatic carbocycles. The van der Waals surface area contributed by atoms with Crippen molar-refractivity contribution in [3.8, 4) is 11.4 Å². The molecule has 0 saturated carbocycles. The predicted octanol–water partition coefficient (Wildman–Crippen LogP) is 3.81. The van der Waals surface area contributed by atoms with Crippen LogP contribution in [-0.2, 0) is 9.59 Å². The van der Waals surface area contributed by atoms with E-state index in [-0.39, 0.29) is 29.6 Å². The Labute approximate surface area is 202 Å². The minimum absolute atomic E-state index is 0.174. The topological polar surface area (TPSA) is 120 Å². The molecule has 9 heteroatoms. The van der Waals surface area contributed by atoms with Gasteiger partial charge in [-0.05, 0) is 43.2 Å². The fourth-order valence-corrected chi connectivity index (χ4v) is 4.40. The van der Waals surface area contributed by atoms with E-state index in [9.17, 15) is 14.4 Å². The maximum atomic E-state index is 13.2. The largest absolute Gasteiger partial charge is 0.321 e. The number of fused-ring (bicyclic) bond motifs is 1. The Hall–Kier alpha value is -4.27. The summed E-state index contributed by atoms with van der Waals surface area (Å²) in [6, 6.07) is 13.9. The molecular weight excluding hydrogens is 444 g/mol. The minimum Gasteiger partial charge on any atom is -0.321 e. The Kier molecular flexibility index (Phi) is 5.90. The van der Waals surface area contributed by atoms with Crippen molar-refractivity contribution in [2.75, 3.05) is 10.3 Å². The first-order valence-corrected chi connectivity index (χ1v) is 11.6. The number of carbonyl (C=O) groups excluding carboxylic acids is 3. The van der Waals surface area contributed by atoms with Gasteiger partial charge < -0.3 is 5.32 Å². The number of aromatic nitrogens is 3. The summed E-state index contributed by atoms with van der Waals surface area (Å²) in [6.45, 7) is 4.04. The summed E-state index contributed by atoms with van der Waals surface area (Å²) >= 11 is 0. The highest BCUT2D eigenvalue weighted by Crippen LogP contribution is 2.33. The van der Waals surface area contributed by atoms with Crippen LogP contribution < -0.4 is 15.8 Å². The summed E-state index contributed by atoms with van der Waals surface area (Å²) in [4.78, 5) is 43.4. The molecule has 9 nitrogen and oxygen atoms in total. The van der Waals surface area contributed by atoms with Gasteiger partial charge >= 0.3 is 0 Å². The van der Waals surface area contributed by atoms with Crippen LogP contribution in [-0.4, -0.2) is 32.9 Å². The number of benzene rings is 2. The van der Waals surface area contributed by atoms with E-state index in [1.54, 1.807) is 30.3 Å². The Morgan fingerprint density at radius 2 is 1.83 bits per heavy atom. The van der Waals surface area contributed by atoms with Gasteiger partial charge in [-0.2, -0.15) is 5.10 Å². The number of para-hydroxylation sites is 1. The second-order valence-electron chi connectivity index (χ2n) is 9.05. The molecule has 1 aliphatic heterocycles. The molecule has 3 N–H and O–H groups in total. The number of rotatable bonds is 5. The van der Waals surface area contributed by atoms with Crippen molar-refractivity contribution in [1.29, 1.82) is 0 Å². The molecule has 5 rings (SSSR count). The van der Waals surface area contributed by atoms with Crippen LogP contribution in [0.15, 0.2) is 60.7 Å². The summed E-state index contributed by atoms with van der Waals surface area (Å²) in [5.74, 6) is -0.00291. The van der Waals surface area contributed by atoms with Crippen LogP contribution in [0.3, 0.4) is 0 Å². The van der Waals surface area contributed by atoms with Crippen LogP contribution in [0.25, 0.3) is 11.4 Å². The molecule has 35 heavy (non-hydrogen) atoms. The SMILES string of the molecule is CC(C)c1nc(-c2ccccc2NC(=O)c2cccc(N3NC(=O)C4CC=CCC4C3=O)c2)n[nH]1. The highest BCUT2D eigenvalue weighted by Gasteiger charge is 2.42. The molecule has 2 unspecified atom stereocenters. The quantitative estimate of drug-likeness (QED) is 0.490. The van der Waals surface area contributed by atoms with Crippen LogP contribution in [0.1, 0.15) is 48.8 Å². The maximum Gasteiger partial charge on any atom is 0.255 e. The van der Waals surface area contributed by atoms with Crippen LogP contribution in [0.4, 0.5) is 11.4 Å². The number of allylic oxidation sites excluding steroid dienone is 2. The zero-order valence-corrected chi connectivity index (χ0v) is 19.5. The van der Waals surface area contributed by atoms with Crippen LogP contribution in [0.5, 0.6) is 0 Å². The van der Waals surface area contributed by atoms with Crippen molar-refractivity contribution in [2.24, 2.45) is 11.8 Å². The number of carbonyl (C=O) groups is 3. The predicted molar refractivity (Wildman–Crippen MR) is 131 cm³/mol. The smallest absolute Gasteiger partial charge is 0.255 e. The Bertz CT molecular complexity index is 1330. The van der Waals surface area contributed by atoms with E-state index in [1.807, 2.05) is 44.2 Å². The molecule has 1 aromatic heterocycles. The molecule has 1 saturated heterocycles. The van der Waals surface area contributed by atoms with E-state index < -0.39 is 5.92 Å². The minimum atomic E-state index is -0.393. The van der Waals surface area contributed by atoms with Gasteiger partial charge in [-0.1, -0.05) is 44.2 Å². The van der Waals surface area contributed by atoms with Gasteiger partial charge in [-0.25, -0.2) is 9.99 Å². The fourth-order valence-electron chi connectivity index (χ4n) is 4.40. The number of hydrazine groups is 1. The van der Waals surface area contributed by atoms with E-state index in [2.05, 4.69) is 25.9 Å². The lowest BCUT2D eigenvalue weighted by Gasteiger charge is -2.38. The number of hydrogen-bond donors (Lipinski definition) is 3. The molecule has 0 spiro atoms. The Morgan fingerprint density at radius 1 is 1.06 bits per heavy atom. The first-order valence-electron chi connectivity index (χ1n) is 11.6. The van der Waals surface area contributed by atoms with Gasteiger partial charge in [0.1, 0.15) is 5.82 Å². The van der Waals surface area contributed by atoms with Gasteiger partial charge in [0.25, 0.3) is 5.91 Å². The highest BCUT2D eigenvalue weighted by molar-refractivity contribution is 6.08. The van der Waals surface area contributed by atoms with Crippen LogP contribution in [0, 0.1) is 11.8 Å². The van der Waals surface area contributed by atoms with Crippen LogP contribution >= 0.6 is 0 Å². The molecule has 0 radical (unpaired) electrons. The number of aromatic amines is 1.